The van der Waals surface area contributed by atoms with E-state index in [1.165, 1.54) is 5.57 Å². The molecule has 0 aliphatic carbocycles. The molecule has 1 unspecified atom stereocenters. The van der Waals surface area contributed by atoms with Crippen molar-refractivity contribution in [1.29, 1.82) is 0 Å². The fourth-order valence-corrected chi connectivity index (χ4v) is 2.93. The van der Waals surface area contributed by atoms with Crippen LogP contribution >= 0.6 is 0 Å². The van der Waals surface area contributed by atoms with Crippen molar-refractivity contribution in [1.82, 2.24) is 4.98 Å². The average molecular weight is 347 g/mol. The van der Waals surface area contributed by atoms with Crippen molar-refractivity contribution in [3.05, 3.63) is 35.7 Å². The van der Waals surface area contributed by atoms with Crippen molar-refractivity contribution in [2.24, 2.45) is 5.92 Å². The van der Waals surface area contributed by atoms with Gasteiger partial charge >= 0.3 is 0 Å². The zero-order valence-corrected chi connectivity index (χ0v) is 15.5. The molecule has 0 aromatic carbocycles. The van der Waals surface area contributed by atoms with Crippen LogP contribution in [0, 0.1) is 5.92 Å². The van der Waals surface area contributed by atoms with Crippen LogP contribution in [0.2, 0.25) is 0 Å². The lowest BCUT2D eigenvalue weighted by molar-refractivity contribution is -0.153. The van der Waals surface area contributed by atoms with E-state index in [1.54, 1.807) is 13.3 Å². The first-order chi connectivity index (χ1) is 12.1. The second kappa shape index (κ2) is 9.80. The Morgan fingerprint density at radius 1 is 1.44 bits per heavy atom. The predicted octanol–water partition coefficient (Wildman–Crippen LogP) is 3.42. The van der Waals surface area contributed by atoms with Gasteiger partial charge in [0.05, 0.1) is 13.2 Å². The molecule has 0 saturated carbocycles. The fourth-order valence-electron chi connectivity index (χ4n) is 2.93. The van der Waals surface area contributed by atoms with Crippen molar-refractivity contribution in [2.45, 2.75) is 45.1 Å². The van der Waals surface area contributed by atoms with E-state index in [2.05, 4.69) is 31.0 Å². The van der Waals surface area contributed by atoms with E-state index in [0.717, 1.165) is 37.0 Å². The predicted molar refractivity (Wildman–Crippen MR) is 97.2 cm³/mol. The molecule has 5 nitrogen and oxygen atoms in total. The van der Waals surface area contributed by atoms with Crippen LogP contribution in [0.1, 0.15) is 44.4 Å². The quantitative estimate of drug-likeness (QED) is 0.479. The normalized spacial score (nSPS) is 17.2. The van der Waals surface area contributed by atoms with Gasteiger partial charge < -0.3 is 19.0 Å². The monoisotopic (exact) mass is 347 g/mol. The molecule has 0 fully saturated rings. The van der Waals surface area contributed by atoms with Gasteiger partial charge in [-0.3, -0.25) is 4.98 Å². The second-order valence-corrected chi connectivity index (χ2v) is 6.93. The van der Waals surface area contributed by atoms with E-state index in [1.807, 2.05) is 6.07 Å². The Hall–Kier alpha value is -1.56. The van der Waals surface area contributed by atoms with Crippen LogP contribution < -0.4 is 0 Å². The number of methoxy groups -OCH3 is 1. The van der Waals surface area contributed by atoms with Gasteiger partial charge in [-0.05, 0) is 48.4 Å². The Balaban J connectivity index is 2.18. The molecule has 0 amide bonds. The maximum absolute atomic E-state index is 11.9. The SMILES string of the molecule is COCOC(C=O)(CCC(C)C)Cc1cc(C2=CCOCC2)ccn1. The summed E-state index contributed by atoms with van der Waals surface area (Å²) < 4.78 is 16.2. The third-order valence-electron chi connectivity index (χ3n) is 4.45. The summed E-state index contributed by atoms with van der Waals surface area (Å²) in [5.41, 5.74) is 2.38. The number of hydrogen-bond donors (Lipinski definition) is 0. The zero-order chi connectivity index (χ0) is 18.1. The van der Waals surface area contributed by atoms with Crippen molar-refractivity contribution < 1.29 is 19.0 Å². The number of pyridine rings is 1. The number of carbonyl (C=O) groups excluding carboxylic acids is 1. The van der Waals surface area contributed by atoms with Gasteiger partial charge in [-0.1, -0.05) is 19.9 Å². The molecule has 1 aromatic rings. The smallest absolute Gasteiger partial charge is 0.152 e. The highest BCUT2D eigenvalue weighted by Gasteiger charge is 2.32. The molecule has 25 heavy (non-hydrogen) atoms. The van der Waals surface area contributed by atoms with Gasteiger partial charge in [-0.25, -0.2) is 0 Å². The lowest BCUT2D eigenvalue weighted by Gasteiger charge is -2.28. The van der Waals surface area contributed by atoms with E-state index < -0.39 is 5.60 Å². The number of carbonyl (C=O) groups is 1. The average Bonchev–Trinajstić information content (AvgIpc) is 2.65. The minimum atomic E-state index is -0.893. The number of aldehydes is 1. The van der Waals surface area contributed by atoms with Crippen LogP contribution in [0.25, 0.3) is 5.57 Å². The molecule has 1 aromatic heterocycles. The van der Waals surface area contributed by atoms with Gasteiger partial charge in [-0.15, -0.1) is 0 Å². The minimum Gasteiger partial charge on any atom is -0.377 e. The Bertz CT molecular complexity index is 585. The molecule has 138 valence electrons. The van der Waals surface area contributed by atoms with Crippen molar-refractivity contribution in [2.75, 3.05) is 27.1 Å². The first-order valence-electron chi connectivity index (χ1n) is 8.90. The van der Waals surface area contributed by atoms with Crippen molar-refractivity contribution in [3.8, 4) is 0 Å². The van der Waals surface area contributed by atoms with Gasteiger partial charge in [-0.2, -0.15) is 0 Å². The second-order valence-electron chi connectivity index (χ2n) is 6.93. The number of ether oxygens (including phenoxy) is 3. The minimum absolute atomic E-state index is 0.0962. The molecule has 0 spiro atoms. The van der Waals surface area contributed by atoms with Gasteiger partial charge in [0.25, 0.3) is 0 Å². The van der Waals surface area contributed by atoms with Crippen LogP contribution in [0.3, 0.4) is 0 Å². The first kappa shape index (κ1) is 19.8. The maximum Gasteiger partial charge on any atom is 0.152 e. The molecule has 5 heteroatoms. The molecule has 0 saturated heterocycles. The molecular formula is C20H29NO4. The molecular weight excluding hydrogens is 318 g/mol. The molecule has 1 aliphatic heterocycles. The van der Waals surface area contributed by atoms with Gasteiger partial charge in [0.15, 0.2) is 6.29 Å². The largest absolute Gasteiger partial charge is 0.377 e. The summed E-state index contributed by atoms with van der Waals surface area (Å²) >= 11 is 0. The van der Waals surface area contributed by atoms with Crippen LogP contribution in [0.15, 0.2) is 24.4 Å². The summed E-state index contributed by atoms with van der Waals surface area (Å²) in [7, 11) is 1.56. The lowest BCUT2D eigenvalue weighted by Crippen LogP contribution is -2.38. The molecule has 1 atom stereocenters. The Morgan fingerprint density at radius 2 is 2.28 bits per heavy atom. The number of rotatable bonds is 10. The number of nitrogens with zero attached hydrogens (tertiary/aromatic N) is 1. The topological polar surface area (TPSA) is 57.7 Å². The van der Waals surface area contributed by atoms with E-state index in [-0.39, 0.29) is 6.79 Å². The summed E-state index contributed by atoms with van der Waals surface area (Å²) in [5.74, 6) is 0.497. The highest BCUT2D eigenvalue weighted by molar-refractivity contribution is 5.67. The molecule has 2 heterocycles. The Morgan fingerprint density at radius 3 is 2.92 bits per heavy atom. The molecule has 0 N–H and O–H groups in total. The fraction of sp³-hybridized carbons (Fsp3) is 0.600. The van der Waals surface area contributed by atoms with E-state index >= 15 is 0 Å². The van der Waals surface area contributed by atoms with Crippen molar-refractivity contribution in [3.63, 3.8) is 0 Å². The lowest BCUT2D eigenvalue weighted by atomic mass is 9.89. The van der Waals surface area contributed by atoms with Crippen molar-refractivity contribution >= 4 is 11.9 Å². The first-order valence-corrected chi connectivity index (χ1v) is 8.90. The third kappa shape index (κ3) is 6.03. The van der Waals surface area contributed by atoms with E-state index in [9.17, 15) is 4.79 Å². The molecule has 2 rings (SSSR count). The standard InChI is InChI=1S/C20H29NO4/c1-16(2)4-8-20(14-22,25-15-23-3)13-19-12-18(5-9-21-19)17-6-10-24-11-7-17/h5-6,9,12,14,16H,4,7-8,10-11,13,15H2,1-3H3. The summed E-state index contributed by atoms with van der Waals surface area (Å²) in [4.78, 5) is 16.4. The molecule has 0 bridgehead atoms. The maximum atomic E-state index is 11.9. The molecule has 0 radical (unpaired) electrons. The summed E-state index contributed by atoms with van der Waals surface area (Å²) in [6.45, 7) is 5.77. The highest BCUT2D eigenvalue weighted by atomic mass is 16.7. The number of aromatic nitrogens is 1. The van der Waals surface area contributed by atoms with Crippen LogP contribution in [0.5, 0.6) is 0 Å². The number of hydrogen-bond acceptors (Lipinski definition) is 5. The highest BCUT2D eigenvalue weighted by Crippen LogP contribution is 2.26. The Labute approximate surface area is 150 Å². The zero-order valence-electron chi connectivity index (χ0n) is 15.5. The third-order valence-corrected chi connectivity index (χ3v) is 4.45. The summed E-state index contributed by atoms with van der Waals surface area (Å²) in [6.07, 6.45) is 7.73. The van der Waals surface area contributed by atoms with Gasteiger partial charge in [0, 0.05) is 25.4 Å². The van der Waals surface area contributed by atoms with Crippen LogP contribution in [-0.2, 0) is 25.4 Å². The van der Waals surface area contributed by atoms with Gasteiger partial charge in [0.1, 0.15) is 12.4 Å². The van der Waals surface area contributed by atoms with E-state index in [4.69, 9.17) is 14.2 Å². The molecule has 1 aliphatic rings. The van der Waals surface area contributed by atoms with Crippen LogP contribution in [0.4, 0.5) is 0 Å². The Kier molecular flexibility index (Phi) is 7.75. The van der Waals surface area contributed by atoms with Crippen LogP contribution in [-0.4, -0.2) is 44.0 Å². The summed E-state index contributed by atoms with van der Waals surface area (Å²) in [5, 5.41) is 0. The van der Waals surface area contributed by atoms with Gasteiger partial charge in [0.2, 0.25) is 0 Å². The van der Waals surface area contributed by atoms with E-state index in [0.29, 0.717) is 25.4 Å². The summed E-state index contributed by atoms with van der Waals surface area (Å²) in [6, 6.07) is 4.06.